The lowest BCUT2D eigenvalue weighted by atomic mass is 10.1. The van der Waals surface area contributed by atoms with Gasteiger partial charge in [0.1, 0.15) is 23.3 Å². The highest BCUT2D eigenvalue weighted by Gasteiger charge is 2.25. The Labute approximate surface area is 182 Å². The molecule has 1 aliphatic rings. The molecule has 2 amide bonds. The maximum atomic E-state index is 13.9. The van der Waals surface area contributed by atoms with Crippen molar-refractivity contribution in [3.8, 4) is 0 Å². The van der Waals surface area contributed by atoms with E-state index in [0.29, 0.717) is 43.8 Å². The second-order valence-corrected chi connectivity index (χ2v) is 7.24. The molecule has 1 aromatic heterocycles. The van der Waals surface area contributed by atoms with Gasteiger partial charge >= 0.3 is 0 Å². The van der Waals surface area contributed by atoms with E-state index in [0.717, 1.165) is 12.1 Å². The number of anilines is 2. The largest absolute Gasteiger partial charge is 0.353 e. The van der Waals surface area contributed by atoms with Crippen molar-refractivity contribution >= 4 is 23.3 Å². The fourth-order valence-electron chi connectivity index (χ4n) is 3.46. The van der Waals surface area contributed by atoms with E-state index >= 15 is 0 Å². The number of halogens is 3. The molecular formula is C23H19F3N4O2. The smallest absolute Gasteiger partial charge is 0.258 e. The van der Waals surface area contributed by atoms with Gasteiger partial charge < -0.3 is 15.1 Å². The summed E-state index contributed by atoms with van der Waals surface area (Å²) >= 11 is 0. The van der Waals surface area contributed by atoms with Gasteiger partial charge in [0.2, 0.25) is 0 Å². The molecule has 0 unspecified atom stereocenters. The first kappa shape index (κ1) is 21.4. The molecule has 0 saturated carbocycles. The highest BCUT2D eigenvalue weighted by molar-refractivity contribution is 6.04. The first-order chi connectivity index (χ1) is 15.4. The summed E-state index contributed by atoms with van der Waals surface area (Å²) in [5.41, 5.74) is 0.200. The topological polar surface area (TPSA) is 65.5 Å². The van der Waals surface area contributed by atoms with Gasteiger partial charge in [-0.15, -0.1) is 0 Å². The van der Waals surface area contributed by atoms with Gasteiger partial charge in [-0.2, -0.15) is 0 Å². The van der Waals surface area contributed by atoms with Crippen LogP contribution in [0.5, 0.6) is 0 Å². The molecule has 2 heterocycles. The van der Waals surface area contributed by atoms with Crippen molar-refractivity contribution in [1.82, 2.24) is 9.88 Å². The number of pyridine rings is 1. The zero-order valence-corrected chi connectivity index (χ0v) is 16.9. The number of nitrogens with one attached hydrogen (secondary N) is 1. The molecule has 2 aromatic carbocycles. The standard InChI is InChI=1S/C23H19F3N4O2/c24-15-5-7-18(20(26)13-15)23(32)30-11-9-29(10-12-30)21-8-6-16(14-27-21)28-22(31)17-3-1-2-4-19(17)25/h1-8,13-14H,9-12H2,(H,28,31). The molecule has 0 aliphatic carbocycles. The Kier molecular flexibility index (Phi) is 6.07. The molecule has 1 saturated heterocycles. The predicted molar refractivity (Wildman–Crippen MR) is 113 cm³/mol. The molecule has 32 heavy (non-hydrogen) atoms. The molecule has 0 atom stereocenters. The van der Waals surface area contributed by atoms with Crippen LogP contribution >= 0.6 is 0 Å². The molecular weight excluding hydrogens is 421 g/mol. The molecule has 0 spiro atoms. The lowest BCUT2D eigenvalue weighted by Crippen LogP contribution is -2.49. The van der Waals surface area contributed by atoms with Crippen LogP contribution in [-0.2, 0) is 0 Å². The van der Waals surface area contributed by atoms with E-state index in [4.69, 9.17) is 0 Å². The summed E-state index contributed by atoms with van der Waals surface area (Å²) in [4.78, 5) is 32.5. The van der Waals surface area contributed by atoms with Gasteiger partial charge in [-0.3, -0.25) is 9.59 Å². The van der Waals surface area contributed by atoms with Crippen LogP contribution in [0, 0.1) is 17.5 Å². The Bertz CT molecular complexity index is 1150. The SMILES string of the molecule is O=C(Nc1ccc(N2CCN(C(=O)c3ccc(F)cc3F)CC2)nc1)c1ccccc1F. The highest BCUT2D eigenvalue weighted by Crippen LogP contribution is 2.19. The van der Waals surface area contributed by atoms with Gasteiger partial charge in [0.25, 0.3) is 11.8 Å². The van der Waals surface area contributed by atoms with E-state index in [1.54, 1.807) is 18.2 Å². The second-order valence-electron chi connectivity index (χ2n) is 7.24. The molecule has 1 aliphatic heterocycles. The summed E-state index contributed by atoms with van der Waals surface area (Å²) in [6.45, 7) is 1.65. The van der Waals surface area contributed by atoms with E-state index < -0.39 is 29.3 Å². The zero-order valence-electron chi connectivity index (χ0n) is 16.9. The minimum Gasteiger partial charge on any atom is -0.353 e. The molecule has 4 rings (SSSR count). The van der Waals surface area contributed by atoms with Gasteiger partial charge in [0.15, 0.2) is 0 Å². The number of amides is 2. The van der Waals surface area contributed by atoms with Crippen LogP contribution in [0.3, 0.4) is 0 Å². The average Bonchev–Trinajstić information content (AvgIpc) is 2.79. The number of nitrogens with zero attached hydrogens (tertiary/aromatic N) is 3. The minimum atomic E-state index is -0.882. The van der Waals surface area contributed by atoms with E-state index in [1.807, 2.05) is 4.90 Å². The molecule has 9 heteroatoms. The van der Waals surface area contributed by atoms with Crippen molar-refractivity contribution in [2.75, 3.05) is 36.4 Å². The number of piperazine rings is 1. The lowest BCUT2D eigenvalue weighted by Gasteiger charge is -2.35. The Morgan fingerprint density at radius 1 is 0.844 bits per heavy atom. The number of carbonyl (C=O) groups is 2. The third-order valence-corrected chi connectivity index (χ3v) is 5.18. The molecule has 1 N–H and O–H groups in total. The molecule has 1 fully saturated rings. The number of rotatable bonds is 4. The van der Waals surface area contributed by atoms with Gasteiger partial charge in [-0.25, -0.2) is 18.2 Å². The first-order valence-electron chi connectivity index (χ1n) is 9.93. The number of hydrogen-bond acceptors (Lipinski definition) is 4. The molecule has 6 nitrogen and oxygen atoms in total. The van der Waals surface area contributed by atoms with Crippen LogP contribution < -0.4 is 10.2 Å². The van der Waals surface area contributed by atoms with Crippen molar-refractivity contribution < 1.29 is 22.8 Å². The van der Waals surface area contributed by atoms with E-state index in [2.05, 4.69) is 10.3 Å². The van der Waals surface area contributed by atoms with Gasteiger partial charge in [-0.05, 0) is 36.4 Å². The van der Waals surface area contributed by atoms with Crippen molar-refractivity contribution in [2.45, 2.75) is 0 Å². The monoisotopic (exact) mass is 440 g/mol. The van der Waals surface area contributed by atoms with E-state index in [9.17, 15) is 22.8 Å². The number of carbonyl (C=O) groups excluding carboxylic acids is 2. The third-order valence-electron chi connectivity index (χ3n) is 5.18. The minimum absolute atomic E-state index is 0.0602. The average molecular weight is 440 g/mol. The number of hydrogen-bond donors (Lipinski definition) is 1. The van der Waals surface area contributed by atoms with Gasteiger partial charge in [0, 0.05) is 32.2 Å². The van der Waals surface area contributed by atoms with Crippen LogP contribution in [-0.4, -0.2) is 47.9 Å². The second kappa shape index (κ2) is 9.09. The van der Waals surface area contributed by atoms with Crippen molar-refractivity contribution in [2.24, 2.45) is 0 Å². The maximum Gasteiger partial charge on any atom is 0.258 e. The Morgan fingerprint density at radius 3 is 2.25 bits per heavy atom. The van der Waals surface area contributed by atoms with Crippen molar-refractivity contribution in [1.29, 1.82) is 0 Å². The molecule has 3 aromatic rings. The third kappa shape index (κ3) is 4.56. The van der Waals surface area contributed by atoms with E-state index in [-0.39, 0.29) is 11.1 Å². The van der Waals surface area contributed by atoms with Crippen LogP contribution in [0.4, 0.5) is 24.7 Å². The number of aromatic nitrogens is 1. The summed E-state index contributed by atoms with van der Waals surface area (Å²) < 4.78 is 40.7. The Balaban J connectivity index is 1.35. The Morgan fingerprint density at radius 2 is 1.59 bits per heavy atom. The predicted octanol–water partition coefficient (Wildman–Crippen LogP) is 3.71. The normalized spacial score (nSPS) is 13.7. The van der Waals surface area contributed by atoms with Crippen LogP contribution in [0.2, 0.25) is 0 Å². The maximum absolute atomic E-state index is 13.9. The van der Waals surface area contributed by atoms with Gasteiger partial charge in [-0.1, -0.05) is 12.1 Å². The first-order valence-corrected chi connectivity index (χ1v) is 9.93. The van der Waals surface area contributed by atoms with Crippen LogP contribution in [0.1, 0.15) is 20.7 Å². The van der Waals surface area contributed by atoms with Crippen molar-refractivity contribution in [3.63, 3.8) is 0 Å². The highest BCUT2D eigenvalue weighted by atomic mass is 19.1. The van der Waals surface area contributed by atoms with Crippen LogP contribution in [0.15, 0.2) is 60.8 Å². The fourth-order valence-corrected chi connectivity index (χ4v) is 3.46. The number of benzene rings is 2. The molecule has 164 valence electrons. The van der Waals surface area contributed by atoms with E-state index in [1.165, 1.54) is 29.3 Å². The summed E-state index contributed by atoms with van der Waals surface area (Å²) in [5, 5.41) is 2.60. The fraction of sp³-hybridized carbons (Fsp3) is 0.174. The summed E-state index contributed by atoms with van der Waals surface area (Å²) in [7, 11) is 0. The van der Waals surface area contributed by atoms with Gasteiger partial charge in [0.05, 0.1) is 23.0 Å². The van der Waals surface area contributed by atoms with Crippen LogP contribution in [0.25, 0.3) is 0 Å². The summed E-state index contributed by atoms with van der Waals surface area (Å²) in [6, 6.07) is 12.0. The zero-order chi connectivity index (χ0) is 22.7. The lowest BCUT2D eigenvalue weighted by molar-refractivity contribution is 0.0741. The summed E-state index contributed by atoms with van der Waals surface area (Å²) in [6.07, 6.45) is 1.47. The molecule has 0 radical (unpaired) electrons. The molecule has 0 bridgehead atoms. The quantitative estimate of drug-likeness (QED) is 0.672. The Hall–Kier alpha value is -3.88. The summed E-state index contributed by atoms with van der Waals surface area (Å²) in [5.74, 6) is -2.63. The van der Waals surface area contributed by atoms with Crippen molar-refractivity contribution in [3.05, 3.63) is 89.4 Å².